The second kappa shape index (κ2) is 6.16. The van der Waals surface area contributed by atoms with Gasteiger partial charge < -0.3 is 9.30 Å². The quantitative estimate of drug-likeness (QED) is 0.419. The minimum absolute atomic E-state index is 0.246. The number of esters is 1. The van der Waals surface area contributed by atoms with Crippen molar-refractivity contribution in [1.29, 1.82) is 0 Å². The number of carbonyl (C=O) groups excluding carboxylic acids is 1. The fraction of sp³-hybridized carbons (Fsp3) is 0.100. The first-order chi connectivity index (χ1) is 11.8. The summed E-state index contributed by atoms with van der Waals surface area (Å²) in [6.45, 7) is 0.546. The van der Waals surface area contributed by atoms with Crippen LogP contribution in [-0.4, -0.2) is 15.5 Å². The Balaban J connectivity index is 1.48. The van der Waals surface area contributed by atoms with Crippen molar-refractivity contribution in [3.05, 3.63) is 73.1 Å². The van der Waals surface area contributed by atoms with E-state index in [-0.39, 0.29) is 5.97 Å². The third-order valence-corrected chi connectivity index (χ3v) is 4.06. The van der Waals surface area contributed by atoms with Gasteiger partial charge in [0.25, 0.3) is 0 Å². The molecule has 0 unspecified atom stereocenters. The molecule has 24 heavy (non-hydrogen) atoms. The highest BCUT2D eigenvalue weighted by Crippen LogP contribution is 2.25. The number of benzene rings is 3. The van der Waals surface area contributed by atoms with E-state index in [1.165, 1.54) is 0 Å². The molecule has 0 bridgehead atoms. The summed E-state index contributed by atoms with van der Waals surface area (Å²) in [6, 6.07) is 21.5. The molecule has 118 valence electrons. The number of hydrogen-bond acceptors (Lipinski definition) is 3. The molecule has 0 aliphatic rings. The summed E-state index contributed by atoms with van der Waals surface area (Å²) >= 11 is 0. The van der Waals surface area contributed by atoms with Crippen LogP contribution >= 0.6 is 0 Å². The predicted octanol–water partition coefficient (Wildman–Crippen LogP) is 4.19. The molecule has 0 N–H and O–H groups in total. The second-order valence-electron chi connectivity index (χ2n) is 5.63. The van der Waals surface area contributed by atoms with Crippen molar-refractivity contribution < 1.29 is 9.53 Å². The van der Waals surface area contributed by atoms with E-state index in [1.807, 2.05) is 71.3 Å². The third-order valence-electron chi connectivity index (χ3n) is 4.06. The Bertz CT molecular complexity index is 1010. The van der Waals surface area contributed by atoms with E-state index in [9.17, 15) is 4.79 Å². The Hall–Kier alpha value is -3.14. The van der Waals surface area contributed by atoms with Crippen LogP contribution in [0.3, 0.4) is 0 Å². The molecule has 0 saturated heterocycles. The first kappa shape index (κ1) is 14.5. The highest BCUT2D eigenvalue weighted by atomic mass is 16.5. The van der Waals surface area contributed by atoms with Gasteiger partial charge >= 0.3 is 5.97 Å². The van der Waals surface area contributed by atoms with E-state index < -0.39 is 0 Å². The van der Waals surface area contributed by atoms with Gasteiger partial charge in [-0.15, -0.1) is 0 Å². The van der Waals surface area contributed by atoms with E-state index in [0.717, 1.165) is 21.8 Å². The summed E-state index contributed by atoms with van der Waals surface area (Å²) in [7, 11) is 0. The molecule has 0 amide bonds. The zero-order valence-electron chi connectivity index (χ0n) is 13.1. The molecule has 1 heterocycles. The Kier molecular flexibility index (Phi) is 3.71. The van der Waals surface area contributed by atoms with Crippen molar-refractivity contribution in [2.24, 2.45) is 0 Å². The second-order valence-corrected chi connectivity index (χ2v) is 5.63. The molecule has 0 radical (unpaired) electrons. The zero-order chi connectivity index (χ0) is 16.4. The molecular weight excluding hydrogens is 300 g/mol. The van der Waals surface area contributed by atoms with Crippen molar-refractivity contribution in [3.63, 3.8) is 0 Å². The molecular formula is C20H16N2O2. The van der Waals surface area contributed by atoms with Crippen LogP contribution < -0.4 is 4.74 Å². The summed E-state index contributed by atoms with van der Waals surface area (Å²) in [5.74, 6) is 0.359. The van der Waals surface area contributed by atoms with Crippen LogP contribution in [-0.2, 0) is 11.3 Å². The predicted molar refractivity (Wildman–Crippen MR) is 93.9 cm³/mol. The largest absolute Gasteiger partial charge is 0.426 e. The third kappa shape index (κ3) is 2.74. The summed E-state index contributed by atoms with van der Waals surface area (Å²) in [5.41, 5.74) is 1.95. The van der Waals surface area contributed by atoms with Gasteiger partial charge in [-0.3, -0.25) is 4.79 Å². The van der Waals surface area contributed by atoms with Crippen molar-refractivity contribution in [2.45, 2.75) is 13.0 Å². The van der Waals surface area contributed by atoms with Crippen LogP contribution in [0.2, 0.25) is 0 Å². The summed E-state index contributed by atoms with van der Waals surface area (Å²) in [5, 5.41) is 2.00. The highest BCUT2D eigenvalue weighted by Gasteiger charge is 2.09. The number of imidazole rings is 1. The number of aromatic nitrogens is 2. The van der Waals surface area contributed by atoms with Crippen LogP contribution in [0.1, 0.15) is 6.42 Å². The maximum Gasteiger partial charge on any atom is 0.313 e. The first-order valence-electron chi connectivity index (χ1n) is 7.89. The topological polar surface area (TPSA) is 44.1 Å². The molecule has 3 aromatic carbocycles. The molecule has 4 nitrogen and oxygen atoms in total. The molecule has 0 saturated carbocycles. The minimum Gasteiger partial charge on any atom is -0.426 e. The van der Waals surface area contributed by atoms with E-state index in [2.05, 4.69) is 4.98 Å². The Morgan fingerprint density at radius 1 is 0.958 bits per heavy atom. The molecule has 4 rings (SSSR count). The molecule has 0 atom stereocenters. The maximum absolute atomic E-state index is 12.2. The summed E-state index contributed by atoms with van der Waals surface area (Å²) in [4.78, 5) is 16.6. The van der Waals surface area contributed by atoms with Gasteiger partial charge in [0.1, 0.15) is 5.75 Å². The van der Waals surface area contributed by atoms with Crippen LogP contribution in [0, 0.1) is 0 Å². The number of rotatable bonds is 4. The minimum atomic E-state index is -0.246. The average Bonchev–Trinajstić information content (AvgIpc) is 3.04. The zero-order valence-corrected chi connectivity index (χ0v) is 13.1. The van der Waals surface area contributed by atoms with E-state index >= 15 is 0 Å². The normalized spacial score (nSPS) is 11.0. The standard InChI is InChI=1S/C20H16N2O2/c23-20(12-13-22-14-21-17-9-3-4-10-18(17)22)24-19-11-5-7-15-6-1-2-8-16(15)19/h1-11,14H,12-13H2. The summed E-state index contributed by atoms with van der Waals surface area (Å²) < 4.78 is 7.54. The number of nitrogens with zero attached hydrogens (tertiary/aromatic N) is 2. The first-order valence-corrected chi connectivity index (χ1v) is 7.89. The lowest BCUT2D eigenvalue weighted by Gasteiger charge is -2.08. The van der Waals surface area contributed by atoms with Gasteiger partial charge in [0.05, 0.1) is 23.8 Å². The van der Waals surface area contributed by atoms with Gasteiger partial charge in [0, 0.05) is 11.9 Å². The molecule has 4 heteroatoms. The van der Waals surface area contributed by atoms with E-state index in [4.69, 9.17) is 4.74 Å². The number of aryl methyl sites for hydroxylation is 1. The Morgan fingerprint density at radius 3 is 2.71 bits per heavy atom. The number of ether oxygens (including phenoxy) is 1. The molecule has 4 aromatic rings. The SMILES string of the molecule is O=C(CCn1cnc2ccccc21)Oc1cccc2ccccc12. The molecule has 1 aromatic heterocycles. The highest BCUT2D eigenvalue weighted by molar-refractivity contribution is 5.90. The Morgan fingerprint density at radius 2 is 1.75 bits per heavy atom. The van der Waals surface area contributed by atoms with Gasteiger partial charge in [-0.05, 0) is 23.6 Å². The van der Waals surface area contributed by atoms with Crippen molar-refractivity contribution in [2.75, 3.05) is 0 Å². The number of carbonyl (C=O) groups is 1. The van der Waals surface area contributed by atoms with Gasteiger partial charge in [-0.25, -0.2) is 4.98 Å². The lowest BCUT2D eigenvalue weighted by atomic mass is 10.1. The number of fused-ring (bicyclic) bond motifs is 2. The van der Waals surface area contributed by atoms with Gasteiger partial charge in [-0.2, -0.15) is 0 Å². The Labute approximate surface area is 139 Å². The van der Waals surface area contributed by atoms with Crippen molar-refractivity contribution in [1.82, 2.24) is 9.55 Å². The molecule has 0 aliphatic carbocycles. The molecule has 0 aliphatic heterocycles. The van der Waals surface area contributed by atoms with Crippen LogP contribution in [0.4, 0.5) is 0 Å². The smallest absolute Gasteiger partial charge is 0.313 e. The summed E-state index contributed by atoms with van der Waals surface area (Å²) in [6.07, 6.45) is 2.05. The van der Waals surface area contributed by atoms with Gasteiger partial charge in [0.2, 0.25) is 0 Å². The lowest BCUT2D eigenvalue weighted by molar-refractivity contribution is -0.134. The van der Waals surface area contributed by atoms with Gasteiger partial charge in [0.15, 0.2) is 0 Å². The van der Waals surface area contributed by atoms with Crippen molar-refractivity contribution >= 4 is 27.8 Å². The average molecular weight is 316 g/mol. The van der Waals surface area contributed by atoms with Crippen LogP contribution in [0.25, 0.3) is 21.8 Å². The lowest BCUT2D eigenvalue weighted by Crippen LogP contribution is -2.11. The van der Waals surface area contributed by atoms with Crippen molar-refractivity contribution in [3.8, 4) is 5.75 Å². The van der Waals surface area contributed by atoms with E-state index in [0.29, 0.717) is 18.7 Å². The van der Waals surface area contributed by atoms with Crippen LogP contribution in [0.5, 0.6) is 5.75 Å². The van der Waals surface area contributed by atoms with Crippen LogP contribution in [0.15, 0.2) is 73.1 Å². The number of hydrogen-bond donors (Lipinski definition) is 0. The number of para-hydroxylation sites is 2. The maximum atomic E-state index is 12.2. The van der Waals surface area contributed by atoms with Gasteiger partial charge in [-0.1, -0.05) is 48.5 Å². The van der Waals surface area contributed by atoms with E-state index in [1.54, 1.807) is 6.33 Å². The fourth-order valence-electron chi connectivity index (χ4n) is 2.86. The molecule has 0 fully saturated rings. The molecule has 0 spiro atoms. The monoisotopic (exact) mass is 316 g/mol. The fourth-order valence-corrected chi connectivity index (χ4v) is 2.86.